The van der Waals surface area contributed by atoms with Crippen LogP contribution in [0.25, 0.3) is 16.9 Å². The van der Waals surface area contributed by atoms with E-state index in [1.807, 2.05) is 4.90 Å². The van der Waals surface area contributed by atoms with E-state index in [0.717, 1.165) is 0 Å². The minimum Gasteiger partial charge on any atom is -0.470 e. The van der Waals surface area contributed by atoms with Crippen LogP contribution in [0.5, 0.6) is 5.88 Å². The third kappa shape index (κ3) is 4.47. The predicted octanol–water partition coefficient (Wildman–Crippen LogP) is 0.868. The lowest BCUT2D eigenvalue weighted by atomic mass is 10.1. The van der Waals surface area contributed by atoms with Crippen LogP contribution in [-0.4, -0.2) is 101 Å². The van der Waals surface area contributed by atoms with Crippen LogP contribution in [-0.2, 0) is 14.3 Å². The number of aromatic nitrogens is 4. The second-order valence-electron chi connectivity index (χ2n) is 8.56. The molecule has 2 aliphatic heterocycles. The summed E-state index contributed by atoms with van der Waals surface area (Å²) in [5.41, 5.74) is 0.629. The van der Waals surface area contributed by atoms with Crippen LogP contribution in [0.4, 0.5) is 14.7 Å². The first kappa shape index (κ1) is 23.7. The van der Waals surface area contributed by atoms with Crippen LogP contribution in [0.15, 0.2) is 18.2 Å². The number of anilines is 1. The molecule has 0 N–H and O–H groups in total. The molecule has 3 aromatic rings. The maximum Gasteiger partial charge on any atom is 0.312 e. The number of rotatable bonds is 5. The van der Waals surface area contributed by atoms with Gasteiger partial charge in [-0.1, -0.05) is 6.07 Å². The van der Waals surface area contributed by atoms with Crippen molar-refractivity contribution >= 4 is 28.8 Å². The lowest BCUT2D eigenvalue weighted by Crippen LogP contribution is -2.59. The maximum absolute atomic E-state index is 13.9. The van der Waals surface area contributed by atoms with Crippen molar-refractivity contribution in [3.05, 3.63) is 36.2 Å². The van der Waals surface area contributed by atoms with Crippen molar-refractivity contribution in [3.8, 4) is 11.7 Å². The molecular formula is C23H23F2N7O4. The molecule has 0 bridgehead atoms. The minimum atomic E-state index is -2.86. The van der Waals surface area contributed by atoms with E-state index in [4.69, 9.17) is 9.47 Å². The van der Waals surface area contributed by atoms with E-state index in [0.29, 0.717) is 43.3 Å². The van der Waals surface area contributed by atoms with Gasteiger partial charge in [-0.15, -0.1) is 0 Å². The molecule has 2 fully saturated rings. The fourth-order valence-electron chi connectivity index (χ4n) is 3.96. The van der Waals surface area contributed by atoms with Crippen LogP contribution in [0, 0.1) is 12.1 Å². The summed E-state index contributed by atoms with van der Waals surface area (Å²) < 4.78 is 40.5. The molecule has 11 nitrogen and oxygen atoms in total. The number of carbonyl (C=O) groups excluding carboxylic acids is 2. The first-order valence-electron chi connectivity index (χ1n) is 11.3. The third-order valence-electron chi connectivity index (χ3n) is 5.85. The molecule has 4 heterocycles. The Bertz CT molecular complexity index is 1290. The summed E-state index contributed by atoms with van der Waals surface area (Å²) in [5.74, 6) is -1.13. The summed E-state index contributed by atoms with van der Waals surface area (Å²) in [6.07, 6.45) is -3.28. The van der Waals surface area contributed by atoms with Gasteiger partial charge in [0.2, 0.25) is 11.8 Å². The Labute approximate surface area is 205 Å². The Morgan fingerprint density at radius 3 is 2.64 bits per heavy atom. The zero-order valence-electron chi connectivity index (χ0n) is 19.6. The lowest BCUT2D eigenvalue weighted by Gasteiger charge is -2.38. The van der Waals surface area contributed by atoms with Gasteiger partial charge < -0.3 is 24.2 Å². The Hall–Kier alpha value is -4.05. The fraction of sp³-hybridized carbons (Fsp3) is 0.435. The van der Waals surface area contributed by atoms with Crippen molar-refractivity contribution in [1.29, 1.82) is 0 Å². The van der Waals surface area contributed by atoms with Crippen LogP contribution in [0.2, 0.25) is 0 Å². The van der Waals surface area contributed by atoms with Crippen LogP contribution < -0.4 is 9.64 Å². The summed E-state index contributed by atoms with van der Waals surface area (Å²) in [6.45, 7) is 2.39. The number of alkyl halides is 2. The lowest BCUT2D eigenvalue weighted by molar-refractivity contribution is -0.155. The molecule has 0 spiro atoms. The first-order valence-corrected chi connectivity index (χ1v) is 11.3. The quantitative estimate of drug-likeness (QED) is 0.476. The molecule has 13 heteroatoms. The molecular weight excluding hydrogens is 476 g/mol. The molecule has 2 saturated heterocycles. The Morgan fingerprint density at radius 1 is 1.19 bits per heavy atom. The molecule has 5 rings (SSSR count). The van der Waals surface area contributed by atoms with Crippen molar-refractivity contribution in [2.45, 2.75) is 12.5 Å². The first-order chi connectivity index (χ1) is 17.3. The fourth-order valence-corrected chi connectivity index (χ4v) is 3.96. The van der Waals surface area contributed by atoms with Gasteiger partial charge in [-0.25, -0.2) is 13.8 Å². The second-order valence-corrected chi connectivity index (χ2v) is 8.56. The molecule has 0 radical (unpaired) electrons. The number of imidazole rings is 1. The van der Waals surface area contributed by atoms with Crippen molar-refractivity contribution in [3.63, 3.8) is 0 Å². The van der Waals surface area contributed by atoms with Crippen LogP contribution in [0.3, 0.4) is 0 Å². The summed E-state index contributed by atoms with van der Waals surface area (Å²) in [7, 11) is 3.01. The molecule has 188 valence electrons. The van der Waals surface area contributed by atoms with Gasteiger partial charge in [-0.2, -0.15) is 9.97 Å². The van der Waals surface area contributed by atoms with E-state index in [-0.39, 0.29) is 24.8 Å². The summed E-state index contributed by atoms with van der Waals surface area (Å²) in [6, 6.07) is 10.2. The van der Waals surface area contributed by atoms with Gasteiger partial charge in [0.1, 0.15) is 17.4 Å². The highest BCUT2D eigenvalue weighted by atomic mass is 19.3. The number of fused-ring (bicyclic) bond motifs is 1. The molecule has 2 aliphatic rings. The number of carbonyl (C=O) groups is 2. The summed E-state index contributed by atoms with van der Waals surface area (Å²) in [5, 5.41) is 0. The number of hydrogen-bond donors (Lipinski definition) is 0. The normalized spacial score (nSPS) is 16.1. The number of amides is 2. The Balaban J connectivity index is 1.47. The van der Waals surface area contributed by atoms with Gasteiger partial charge in [0.15, 0.2) is 5.82 Å². The average Bonchev–Trinajstić information content (AvgIpc) is 3.25. The topological polar surface area (TPSA) is 106 Å². The third-order valence-corrected chi connectivity index (χ3v) is 5.85. The van der Waals surface area contributed by atoms with Gasteiger partial charge in [-0.3, -0.25) is 14.2 Å². The number of nitrogens with zero attached hydrogens (tertiary/aromatic N) is 7. The molecule has 36 heavy (non-hydrogen) atoms. The Morgan fingerprint density at radius 2 is 1.94 bits per heavy atom. The number of halogens is 2. The zero-order valence-corrected chi connectivity index (χ0v) is 19.6. The number of morpholine rings is 1. The van der Waals surface area contributed by atoms with Gasteiger partial charge in [0.05, 0.1) is 31.8 Å². The molecule has 0 aliphatic carbocycles. The van der Waals surface area contributed by atoms with E-state index < -0.39 is 30.2 Å². The number of likely N-dealkylation sites (tertiary alicyclic amines) is 1. The number of ether oxygens (including phenoxy) is 2. The van der Waals surface area contributed by atoms with Gasteiger partial charge in [0, 0.05) is 33.3 Å². The average molecular weight is 499 g/mol. The standard InChI is InChI=1S/C23H23F2N7O4/c1-29(2)21(33)22(34)31-12-14(13-31)36-18-11-17(27-23(28-18)30-7-9-35-10-8-30)32-16-6-4-3-5-15(16)26-20(32)19(24)25/h3,5,11,14,19H,7-10,12-13H2,1-2H3. The summed E-state index contributed by atoms with van der Waals surface area (Å²) in [4.78, 5) is 41.7. The highest BCUT2D eigenvalue weighted by molar-refractivity contribution is 6.34. The maximum atomic E-state index is 13.9. The van der Waals surface area contributed by atoms with Gasteiger partial charge in [-0.05, 0) is 18.2 Å². The van der Waals surface area contributed by atoms with Crippen molar-refractivity contribution in [2.75, 3.05) is 58.4 Å². The minimum absolute atomic E-state index is 0.144. The van der Waals surface area contributed by atoms with Crippen molar-refractivity contribution < 1.29 is 27.8 Å². The Kier molecular flexibility index (Phi) is 6.27. The van der Waals surface area contributed by atoms with Crippen LogP contribution in [0.1, 0.15) is 12.2 Å². The summed E-state index contributed by atoms with van der Waals surface area (Å²) >= 11 is 0. The van der Waals surface area contributed by atoms with E-state index in [9.17, 15) is 18.4 Å². The molecule has 0 atom stereocenters. The van der Waals surface area contributed by atoms with Crippen LogP contribution >= 0.6 is 0 Å². The van der Waals surface area contributed by atoms with Gasteiger partial charge in [0.25, 0.3) is 6.43 Å². The molecule has 0 unspecified atom stereocenters. The van der Waals surface area contributed by atoms with Gasteiger partial charge >= 0.3 is 11.8 Å². The highest BCUT2D eigenvalue weighted by Gasteiger charge is 2.36. The second kappa shape index (κ2) is 9.54. The molecule has 1 aromatic carbocycles. The van der Waals surface area contributed by atoms with E-state index in [1.54, 1.807) is 12.1 Å². The van der Waals surface area contributed by atoms with E-state index in [1.165, 1.54) is 34.5 Å². The van der Waals surface area contributed by atoms with E-state index in [2.05, 4.69) is 27.1 Å². The molecule has 2 amide bonds. The number of likely N-dealkylation sites (N-methyl/N-ethyl adjacent to an activating group) is 1. The SMILES string of the molecule is CN(C)C(=O)C(=O)N1CC(Oc2cc(-n3c(C(F)F)nc4ccc#cc43)nc(N3CCOCC3)n2)C1. The largest absolute Gasteiger partial charge is 0.470 e. The molecule has 2 aromatic heterocycles. The van der Waals surface area contributed by atoms with Crippen molar-refractivity contribution in [1.82, 2.24) is 29.3 Å². The predicted molar refractivity (Wildman–Crippen MR) is 122 cm³/mol. The smallest absolute Gasteiger partial charge is 0.312 e. The van der Waals surface area contributed by atoms with E-state index >= 15 is 0 Å². The zero-order chi connectivity index (χ0) is 25.4. The highest BCUT2D eigenvalue weighted by Crippen LogP contribution is 2.29. The molecule has 0 saturated carbocycles. The monoisotopic (exact) mass is 499 g/mol. The van der Waals surface area contributed by atoms with Crippen molar-refractivity contribution in [2.24, 2.45) is 0 Å². The number of hydrogen-bond acceptors (Lipinski definition) is 8.